The predicted octanol–water partition coefficient (Wildman–Crippen LogP) is 3.53. The Morgan fingerprint density at radius 1 is 1.00 bits per heavy atom. The maximum absolute atomic E-state index is 5.80. The fourth-order valence-corrected chi connectivity index (χ4v) is 2.29. The van der Waals surface area contributed by atoms with Crippen LogP contribution in [0.4, 0.5) is 11.4 Å². The van der Waals surface area contributed by atoms with Crippen LogP contribution in [0.25, 0.3) is 0 Å². The zero-order valence-electron chi connectivity index (χ0n) is 11.3. The van der Waals surface area contributed by atoms with Crippen molar-refractivity contribution in [1.82, 2.24) is 0 Å². The largest absolute Gasteiger partial charge is 0.344 e. The molecule has 0 bridgehead atoms. The normalized spacial score (nSPS) is 10.4. The zero-order valence-corrected chi connectivity index (χ0v) is 11.3. The molecule has 0 spiro atoms. The summed E-state index contributed by atoms with van der Waals surface area (Å²) in [6, 6.07) is 14.8. The highest BCUT2D eigenvalue weighted by molar-refractivity contribution is 5.66. The van der Waals surface area contributed by atoms with E-state index in [-0.39, 0.29) is 0 Å². The number of nitrogens with two attached hydrogens (primary N) is 1. The van der Waals surface area contributed by atoms with Gasteiger partial charge in [-0.2, -0.15) is 0 Å². The second-order valence-corrected chi connectivity index (χ2v) is 4.74. The van der Waals surface area contributed by atoms with Gasteiger partial charge in [-0.3, -0.25) is 0 Å². The van der Waals surface area contributed by atoms with Gasteiger partial charge in [-0.1, -0.05) is 24.3 Å². The third-order valence-electron chi connectivity index (χ3n) is 3.17. The lowest BCUT2D eigenvalue weighted by molar-refractivity contribution is 1.04. The summed E-state index contributed by atoms with van der Waals surface area (Å²) in [5.41, 5.74) is 11.9. The van der Waals surface area contributed by atoms with Crippen LogP contribution in [-0.2, 0) is 6.54 Å². The highest BCUT2D eigenvalue weighted by Crippen LogP contribution is 2.28. The molecule has 0 aliphatic rings. The summed E-state index contributed by atoms with van der Waals surface area (Å²) in [5, 5.41) is 0. The molecule has 2 N–H and O–H groups in total. The Bertz CT molecular complexity index is 526. The van der Waals surface area contributed by atoms with Crippen LogP contribution in [0.1, 0.15) is 16.7 Å². The van der Waals surface area contributed by atoms with Crippen molar-refractivity contribution in [2.24, 2.45) is 5.73 Å². The van der Waals surface area contributed by atoms with Crippen LogP contribution >= 0.6 is 0 Å². The fourth-order valence-electron chi connectivity index (χ4n) is 2.29. The lowest BCUT2D eigenvalue weighted by Gasteiger charge is -2.23. The number of hydrogen-bond donors (Lipinski definition) is 1. The minimum atomic E-state index is 0.561. The topological polar surface area (TPSA) is 29.3 Å². The number of rotatable bonds is 3. The summed E-state index contributed by atoms with van der Waals surface area (Å²) in [5.74, 6) is 0. The van der Waals surface area contributed by atoms with Crippen LogP contribution < -0.4 is 10.6 Å². The molecule has 0 aliphatic carbocycles. The molecule has 2 rings (SSSR count). The van der Waals surface area contributed by atoms with Gasteiger partial charge >= 0.3 is 0 Å². The fraction of sp³-hybridized carbons (Fsp3) is 0.250. The van der Waals surface area contributed by atoms with E-state index in [0.29, 0.717) is 6.54 Å². The zero-order chi connectivity index (χ0) is 13.1. The van der Waals surface area contributed by atoms with Crippen LogP contribution in [0.5, 0.6) is 0 Å². The van der Waals surface area contributed by atoms with E-state index in [9.17, 15) is 0 Å². The second-order valence-electron chi connectivity index (χ2n) is 4.74. The van der Waals surface area contributed by atoms with Crippen molar-refractivity contribution < 1.29 is 0 Å². The van der Waals surface area contributed by atoms with E-state index in [1.165, 1.54) is 28.1 Å². The monoisotopic (exact) mass is 240 g/mol. The van der Waals surface area contributed by atoms with Gasteiger partial charge in [0.05, 0.1) is 0 Å². The molecule has 0 saturated carbocycles. The molecule has 94 valence electrons. The van der Waals surface area contributed by atoms with Crippen molar-refractivity contribution in [1.29, 1.82) is 0 Å². The first-order valence-electron chi connectivity index (χ1n) is 6.22. The summed E-state index contributed by atoms with van der Waals surface area (Å²) < 4.78 is 0. The van der Waals surface area contributed by atoms with Gasteiger partial charge in [-0.25, -0.2) is 0 Å². The van der Waals surface area contributed by atoms with Crippen molar-refractivity contribution in [2.45, 2.75) is 20.4 Å². The van der Waals surface area contributed by atoms with Crippen LogP contribution in [0.2, 0.25) is 0 Å². The first-order valence-corrected chi connectivity index (χ1v) is 6.22. The average Bonchev–Trinajstić information content (AvgIpc) is 2.36. The summed E-state index contributed by atoms with van der Waals surface area (Å²) in [7, 11) is 2.09. The van der Waals surface area contributed by atoms with Crippen molar-refractivity contribution >= 4 is 11.4 Å². The first-order chi connectivity index (χ1) is 8.61. The van der Waals surface area contributed by atoms with Gasteiger partial charge in [0, 0.05) is 25.0 Å². The highest BCUT2D eigenvalue weighted by Gasteiger charge is 2.08. The SMILES string of the molecule is Cc1cc(C)cc(N(C)c2ccccc2CN)c1. The molecule has 0 fully saturated rings. The molecule has 0 amide bonds. The summed E-state index contributed by atoms with van der Waals surface area (Å²) >= 11 is 0. The van der Waals surface area contributed by atoms with Gasteiger partial charge in [-0.15, -0.1) is 0 Å². The minimum Gasteiger partial charge on any atom is -0.344 e. The Balaban J connectivity index is 2.44. The molecule has 0 aromatic heterocycles. The van der Waals surface area contributed by atoms with E-state index < -0.39 is 0 Å². The van der Waals surface area contributed by atoms with Crippen LogP contribution in [0.3, 0.4) is 0 Å². The van der Waals surface area contributed by atoms with Crippen molar-refractivity contribution in [3.63, 3.8) is 0 Å². The average molecular weight is 240 g/mol. The minimum absolute atomic E-state index is 0.561. The quantitative estimate of drug-likeness (QED) is 0.889. The molecule has 2 aromatic carbocycles. The molecule has 2 nitrogen and oxygen atoms in total. The number of anilines is 2. The highest BCUT2D eigenvalue weighted by atomic mass is 15.1. The lowest BCUT2D eigenvalue weighted by Crippen LogP contribution is -2.13. The van der Waals surface area contributed by atoms with E-state index in [1.54, 1.807) is 0 Å². The smallest absolute Gasteiger partial charge is 0.0453 e. The number of aryl methyl sites for hydroxylation is 2. The maximum atomic E-state index is 5.80. The lowest BCUT2D eigenvalue weighted by atomic mass is 10.1. The Kier molecular flexibility index (Phi) is 3.68. The Hall–Kier alpha value is -1.80. The third-order valence-corrected chi connectivity index (χ3v) is 3.17. The van der Waals surface area contributed by atoms with Gasteiger partial charge < -0.3 is 10.6 Å². The van der Waals surface area contributed by atoms with Crippen molar-refractivity contribution in [3.05, 3.63) is 59.2 Å². The van der Waals surface area contributed by atoms with Crippen LogP contribution in [0.15, 0.2) is 42.5 Å². The van der Waals surface area contributed by atoms with Crippen molar-refractivity contribution in [2.75, 3.05) is 11.9 Å². The van der Waals surface area contributed by atoms with E-state index in [4.69, 9.17) is 5.73 Å². The third kappa shape index (κ3) is 2.54. The number of benzene rings is 2. The standard InChI is InChI=1S/C16H20N2/c1-12-8-13(2)10-15(9-12)18(3)16-7-5-4-6-14(16)11-17/h4-10H,11,17H2,1-3H3. The van der Waals surface area contributed by atoms with Gasteiger partial charge in [-0.05, 0) is 48.7 Å². The molecule has 18 heavy (non-hydrogen) atoms. The van der Waals surface area contributed by atoms with Gasteiger partial charge in [0.25, 0.3) is 0 Å². The molecule has 0 atom stereocenters. The maximum Gasteiger partial charge on any atom is 0.0453 e. The molecule has 2 heteroatoms. The molecule has 0 heterocycles. The Labute approximate surface area is 109 Å². The van der Waals surface area contributed by atoms with Crippen LogP contribution in [-0.4, -0.2) is 7.05 Å². The van der Waals surface area contributed by atoms with Gasteiger partial charge in [0.15, 0.2) is 0 Å². The number of nitrogens with zero attached hydrogens (tertiary/aromatic N) is 1. The first kappa shape index (κ1) is 12.7. The van der Waals surface area contributed by atoms with Crippen LogP contribution in [0, 0.1) is 13.8 Å². The predicted molar refractivity (Wildman–Crippen MR) is 78.3 cm³/mol. The molecular formula is C16H20N2. The van der Waals surface area contributed by atoms with Crippen molar-refractivity contribution in [3.8, 4) is 0 Å². The Morgan fingerprint density at radius 3 is 2.22 bits per heavy atom. The second kappa shape index (κ2) is 5.23. The molecule has 0 saturated heterocycles. The van der Waals surface area contributed by atoms with E-state index in [0.717, 1.165) is 0 Å². The van der Waals surface area contributed by atoms with E-state index >= 15 is 0 Å². The molecule has 0 radical (unpaired) electrons. The van der Waals surface area contributed by atoms with E-state index in [1.807, 2.05) is 12.1 Å². The summed E-state index contributed by atoms with van der Waals surface area (Å²) in [4.78, 5) is 2.20. The van der Waals surface area contributed by atoms with Gasteiger partial charge in [0.2, 0.25) is 0 Å². The molecular weight excluding hydrogens is 220 g/mol. The molecule has 2 aromatic rings. The number of para-hydroxylation sites is 1. The van der Waals surface area contributed by atoms with E-state index in [2.05, 4.69) is 56.1 Å². The van der Waals surface area contributed by atoms with Gasteiger partial charge in [0.1, 0.15) is 0 Å². The molecule has 0 unspecified atom stereocenters. The summed E-state index contributed by atoms with van der Waals surface area (Å²) in [6.07, 6.45) is 0. The number of hydrogen-bond acceptors (Lipinski definition) is 2. The Morgan fingerprint density at radius 2 is 1.61 bits per heavy atom. The summed E-state index contributed by atoms with van der Waals surface area (Å²) in [6.45, 7) is 4.81. The molecule has 0 aliphatic heterocycles.